The number of benzene rings is 1. The van der Waals surface area contributed by atoms with Gasteiger partial charge in [0.25, 0.3) is 0 Å². The topological polar surface area (TPSA) is 41.1 Å². The first-order valence-electron chi connectivity index (χ1n) is 6.72. The number of carbonyl (C=O) groups excluding carboxylic acids is 1. The molecule has 1 saturated heterocycles. The van der Waals surface area contributed by atoms with Crippen LogP contribution < -0.4 is 10.6 Å². The SMILES string of the molecule is O=C(CC1CCCN1)NCc1ccc(F)cc1C(F)(F)F. The molecule has 1 atom stereocenters. The Bertz CT molecular complexity index is 510. The summed E-state index contributed by atoms with van der Waals surface area (Å²) in [6.45, 7) is 0.592. The summed E-state index contributed by atoms with van der Waals surface area (Å²) in [5, 5.41) is 5.59. The monoisotopic (exact) mass is 304 g/mol. The molecule has 2 N–H and O–H groups in total. The van der Waals surface area contributed by atoms with Crippen LogP contribution in [-0.2, 0) is 17.5 Å². The van der Waals surface area contributed by atoms with Crippen molar-refractivity contribution in [1.82, 2.24) is 10.6 Å². The van der Waals surface area contributed by atoms with Crippen LogP contribution in [0.3, 0.4) is 0 Å². The van der Waals surface area contributed by atoms with E-state index < -0.39 is 17.6 Å². The van der Waals surface area contributed by atoms with Gasteiger partial charge in [0.2, 0.25) is 5.91 Å². The molecule has 2 rings (SSSR count). The van der Waals surface area contributed by atoms with Crippen molar-refractivity contribution in [2.75, 3.05) is 6.54 Å². The average molecular weight is 304 g/mol. The van der Waals surface area contributed by atoms with Gasteiger partial charge in [-0.3, -0.25) is 4.79 Å². The summed E-state index contributed by atoms with van der Waals surface area (Å²) in [4.78, 5) is 11.7. The number of halogens is 4. The van der Waals surface area contributed by atoms with E-state index >= 15 is 0 Å². The van der Waals surface area contributed by atoms with Crippen LogP contribution in [0.1, 0.15) is 30.4 Å². The van der Waals surface area contributed by atoms with Crippen molar-refractivity contribution in [2.24, 2.45) is 0 Å². The number of hydrogen-bond donors (Lipinski definition) is 2. The molecule has 1 unspecified atom stereocenters. The first-order chi connectivity index (χ1) is 9.86. The highest BCUT2D eigenvalue weighted by atomic mass is 19.4. The number of carbonyl (C=O) groups is 1. The van der Waals surface area contributed by atoms with Crippen LogP contribution in [0.15, 0.2) is 18.2 Å². The second-order valence-electron chi connectivity index (χ2n) is 5.07. The van der Waals surface area contributed by atoms with Gasteiger partial charge in [0.15, 0.2) is 0 Å². The highest BCUT2D eigenvalue weighted by Crippen LogP contribution is 2.32. The second kappa shape index (κ2) is 6.43. The van der Waals surface area contributed by atoms with Gasteiger partial charge < -0.3 is 10.6 Å². The van der Waals surface area contributed by atoms with E-state index in [-0.39, 0.29) is 30.5 Å². The van der Waals surface area contributed by atoms with Crippen LogP contribution in [0.25, 0.3) is 0 Å². The zero-order chi connectivity index (χ0) is 15.5. The Hall–Kier alpha value is -1.63. The summed E-state index contributed by atoms with van der Waals surface area (Å²) < 4.78 is 51.3. The van der Waals surface area contributed by atoms with Gasteiger partial charge >= 0.3 is 6.18 Å². The van der Waals surface area contributed by atoms with Gasteiger partial charge in [-0.25, -0.2) is 4.39 Å². The third kappa shape index (κ3) is 4.42. The predicted molar refractivity (Wildman–Crippen MR) is 68.9 cm³/mol. The molecule has 0 aliphatic carbocycles. The average Bonchev–Trinajstić information content (AvgIpc) is 2.89. The molecule has 7 heteroatoms. The van der Waals surface area contributed by atoms with Crippen molar-refractivity contribution in [3.63, 3.8) is 0 Å². The molecule has 0 spiro atoms. The van der Waals surface area contributed by atoms with Crippen molar-refractivity contribution in [2.45, 2.75) is 38.0 Å². The predicted octanol–water partition coefficient (Wildman–Crippen LogP) is 2.60. The lowest BCUT2D eigenvalue weighted by molar-refractivity contribution is -0.138. The van der Waals surface area contributed by atoms with Crippen molar-refractivity contribution in [3.8, 4) is 0 Å². The molecule has 0 saturated carbocycles. The summed E-state index contributed by atoms with van der Waals surface area (Å²) in [6.07, 6.45) is -2.52. The third-order valence-electron chi connectivity index (χ3n) is 3.45. The number of hydrogen-bond acceptors (Lipinski definition) is 2. The summed E-state index contributed by atoms with van der Waals surface area (Å²) in [7, 11) is 0. The van der Waals surface area contributed by atoms with Gasteiger partial charge in [0.1, 0.15) is 5.82 Å². The van der Waals surface area contributed by atoms with Crippen molar-refractivity contribution in [1.29, 1.82) is 0 Å². The lowest BCUT2D eigenvalue weighted by Gasteiger charge is -2.14. The van der Waals surface area contributed by atoms with Crippen LogP contribution in [0, 0.1) is 5.82 Å². The molecule has 21 heavy (non-hydrogen) atoms. The quantitative estimate of drug-likeness (QED) is 0.840. The molecule has 1 heterocycles. The zero-order valence-corrected chi connectivity index (χ0v) is 11.3. The largest absolute Gasteiger partial charge is 0.416 e. The number of alkyl halides is 3. The Kier molecular flexibility index (Phi) is 4.82. The maximum absolute atomic E-state index is 13.0. The molecule has 0 radical (unpaired) electrons. The van der Waals surface area contributed by atoms with E-state index in [4.69, 9.17) is 0 Å². The van der Waals surface area contributed by atoms with Gasteiger partial charge in [-0.15, -0.1) is 0 Å². The molecule has 1 fully saturated rings. The van der Waals surface area contributed by atoms with Crippen molar-refractivity contribution >= 4 is 5.91 Å². The smallest absolute Gasteiger partial charge is 0.352 e. The molecule has 1 aliphatic rings. The fraction of sp³-hybridized carbons (Fsp3) is 0.500. The fourth-order valence-corrected chi connectivity index (χ4v) is 2.39. The van der Waals surface area contributed by atoms with Gasteiger partial charge in [-0.05, 0) is 37.1 Å². The zero-order valence-electron chi connectivity index (χ0n) is 11.3. The van der Waals surface area contributed by atoms with Crippen LogP contribution in [0.4, 0.5) is 17.6 Å². The number of rotatable bonds is 4. The first kappa shape index (κ1) is 15.8. The normalized spacial score (nSPS) is 18.8. The molecule has 3 nitrogen and oxygen atoms in total. The molecular weight excluding hydrogens is 288 g/mol. The van der Waals surface area contributed by atoms with Crippen LogP contribution in [0.5, 0.6) is 0 Å². The minimum absolute atomic E-state index is 0.0836. The summed E-state index contributed by atoms with van der Waals surface area (Å²) >= 11 is 0. The number of nitrogens with one attached hydrogen (secondary N) is 2. The molecule has 1 amide bonds. The standard InChI is InChI=1S/C14H16F4N2O/c15-10-4-3-9(12(6-10)14(16,17)18)8-20-13(21)7-11-2-1-5-19-11/h3-4,6,11,19H,1-2,5,7-8H2,(H,20,21). The molecule has 1 aliphatic heterocycles. The lowest BCUT2D eigenvalue weighted by atomic mass is 10.1. The Morgan fingerprint density at radius 3 is 2.76 bits per heavy atom. The van der Waals surface area contributed by atoms with Gasteiger partial charge in [0, 0.05) is 19.0 Å². The van der Waals surface area contributed by atoms with Crippen LogP contribution >= 0.6 is 0 Å². The Morgan fingerprint density at radius 2 is 2.14 bits per heavy atom. The summed E-state index contributed by atoms with van der Waals surface area (Å²) in [6, 6.07) is 2.53. The highest BCUT2D eigenvalue weighted by Gasteiger charge is 2.33. The fourth-order valence-electron chi connectivity index (χ4n) is 2.39. The van der Waals surface area contributed by atoms with Crippen LogP contribution in [0.2, 0.25) is 0 Å². The Balaban J connectivity index is 1.97. The van der Waals surface area contributed by atoms with Crippen molar-refractivity contribution < 1.29 is 22.4 Å². The minimum Gasteiger partial charge on any atom is -0.352 e. The van der Waals surface area contributed by atoms with Gasteiger partial charge in [0.05, 0.1) is 5.56 Å². The van der Waals surface area contributed by atoms with Gasteiger partial charge in [-0.1, -0.05) is 6.07 Å². The molecular formula is C14H16F4N2O. The van der Waals surface area contributed by atoms with E-state index in [1.165, 1.54) is 0 Å². The molecule has 0 bridgehead atoms. The lowest BCUT2D eigenvalue weighted by Crippen LogP contribution is -2.32. The second-order valence-corrected chi connectivity index (χ2v) is 5.07. The molecule has 1 aromatic carbocycles. The van der Waals surface area contributed by atoms with E-state index in [9.17, 15) is 22.4 Å². The minimum atomic E-state index is -4.64. The van der Waals surface area contributed by atoms with Crippen molar-refractivity contribution in [3.05, 3.63) is 35.1 Å². The van der Waals surface area contributed by atoms with Crippen LogP contribution in [-0.4, -0.2) is 18.5 Å². The van der Waals surface area contributed by atoms with E-state index in [1.54, 1.807) is 0 Å². The highest BCUT2D eigenvalue weighted by molar-refractivity contribution is 5.76. The maximum Gasteiger partial charge on any atom is 0.416 e. The van der Waals surface area contributed by atoms with E-state index in [1.807, 2.05) is 0 Å². The molecule has 0 aromatic heterocycles. The Labute approximate surface area is 119 Å². The summed E-state index contributed by atoms with van der Waals surface area (Å²) in [5.74, 6) is -1.26. The van der Waals surface area contributed by atoms with E-state index in [2.05, 4.69) is 10.6 Å². The van der Waals surface area contributed by atoms with E-state index in [0.29, 0.717) is 6.07 Å². The maximum atomic E-state index is 13.0. The number of amides is 1. The molecule has 1 aromatic rings. The van der Waals surface area contributed by atoms with E-state index in [0.717, 1.165) is 31.5 Å². The summed E-state index contributed by atoms with van der Waals surface area (Å²) in [5.41, 5.74) is -1.20. The van der Waals surface area contributed by atoms with Gasteiger partial charge in [-0.2, -0.15) is 13.2 Å². The molecule has 116 valence electrons. The Morgan fingerprint density at radius 1 is 1.38 bits per heavy atom. The third-order valence-corrected chi connectivity index (χ3v) is 3.45. The first-order valence-corrected chi connectivity index (χ1v) is 6.72.